The number of hydrogen-bond donors (Lipinski definition) is 1. The Bertz CT molecular complexity index is 753. The second-order valence-corrected chi connectivity index (χ2v) is 6.68. The molecule has 4 rings (SSSR count). The summed E-state index contributed by atoms with van der Waals surface area (Å²) in [5, 5.41) is 0. The van der Waals surface area contributed by atoms with Crippen LogP contribution in [0.2, 0.25) is 0 Å². The maximum absolute atomic E-state index is 12.5. The number of rotatable bonds is 4. The van der Waals surface area contributed by atoms with Crippen LogP contribution in [0.1, 0.15) is 35.6 Å². The second-order valence-electron chi connectivity index (χ2n) is 6.68. The predicted octanol–water partition coefficient (Wildman–Crippen LogP) is 2.01. The predicted molar refractivity (Wildman–Crippen MR) is 93.9 cm³/mol. The molecule has 0 unspecified atom stereocenters. The summed E-state index contributed by atoms with van der Waals surface area (Å²) in [6.07, 6.45) is 6.63. The van der Waals surface area contributed by atoms with Crippen LogP contribution in [0.15, 0.2) is 24.5 Å². The molecular weight excluding hydrogens is 318 g/mol. The van der Waals surface area contributed by atoms with Gasteiger partial charge in [0.05, 0.1) is 12.7 Å². The molecule has 0 spiro atoms. The molecule has 2 aromatic rings. The number of ether oxygens (including phenoxy) is 1. The first-order chi connectivity index (χ1) is 12.2. The number of carbonyl (C=O) groups excluding carboxylic acids is 1. The number of nitrogens with one attached hydrogen (secondary N) is 1. The van der Waals surface area contributed by atoms with E-state index in [1.54, 1.807) is 6.20 Å². The van der Waals surface area contributed by atoms with E-state index in [2.05, 4.69) is 19.9 Å². The number of hydrogen-bond acceptors (Lipinski definition) is 5. The van der Waals surface area contributed by atoms with Crippen LogP contribution in [0.5, 0.6) is 5.75 Å². The van der Waals surface area contributed by atoms with Crippen molar-refractivity contribution >= 4 is 11.7 Å². The number of H-pyrrole nitrogens is 1. The topological polar surface area (TPSA) is 74.4 Å². The van der Waals surface area contributed by atoms with Crippen molar-refractivity contribution in [2.45, 2.75) is 32.3 Å². The van der Waals surface area contributed by atoms with Crippen molar-refractivity contribution in [1.29, 1.82) is 0 Å². The summed E-state index contributed by atoms with van der Waals surface area (Å²) in [6.45, 7) is 5.19. The number of anilines is 1. The number of aryl methyl sites for hydroxylation is 1. The van der Waals surface area contributed by atoms with Crippen LogP contribution in [-0.2, 0) is 0 Å². The summed E-state index contributed by atoms with van der Waals surface area (Å²) in [6, 6.07) is 3.88. The molecule has 2 saturated heterocycles. The highest BCUT2D eigenvalue weighted by Crippen LogP contribution is 2.30. The fourth-order valence-corrected chi connectivity index (χ4v) is 3.53. The number of likely N-dealkylation sites (tertiary alicyclic amines) is 1. The van der Waals surface area contributed by atoms with Crippen molar-refractivity contribution < 1.29 is 9.53 Å². The van der Waals surface area contributed by atoms with E-state index in [1.807, 2.05) is 30.2 Å². The largest absolute Gasteiger partial charge is 0.485 e. The molecule has 2 aliphatic rings. The van der Waals surface area contributed by atoms with Gasteiger partial charge in [0.25, 0.3) is 5.91 Å². The zero-order valence-electron chi connectivity index (χ0n) is 14.4. The maximum Gasteiger partial charge on any atom is 0.272 e. The van der Waals surface area contributed by atoms with Crippen molar-refractivity contribution in [2.24, 2.45) is 0 Å². The Labute approximate surface area is 147 Å². The summed E-state index contributed by atoms with van der Waals surface area (Å²) >= 11 is 0. The van der Waals surface area contributed by atoms with Gasteiger partial charge >= 0.3 is 0 Å². The lowest BCUT2D eigenvalue weighted by Crippen LogP contribution is -2.31. The summed E-state index contributed by atoms with van der Waals surface area (Å²) in [4.78, 5) is 28.2. The molecule has 0 radical (unpaired) electrons. The van der Waals surface area contributed by atoms with Gasteiger partial charge in [0.1, 0.15) is 17.6 Å². The number of aromatic nitrogens is 3. The minimum absolute atomic E-state index is 0.00137. The van der Waals surface area contributed by atoms with Crippen molar-refractivity contribution in [2.75, 3.05) is 31.1 Å². The second kappa shape index (κ2) is 6.74. The van der Waals surface area contributed by atoms with E-state index in [4.69, 9.17) is 4.74 Å². The quantitative estimate of drug-likeness (QED) is 0.921. The van der Waals surface area contributed by atoms with Gasteiger partial charge in [-0.05, 0) is 31.9 Å². The molecule has 0 bridgehead atoms. The molecule has 2 aromatic heterocycles. The fourth-order valence-electron chi connectivity index (χ4n) is 3.53. The van der Waals surface area contributed by atoms with E-state index in [0.717, 1.165) is 36.9 Å². The van der Waals surface area contributed by atoms with Crippen LogP contribution in [-0.4, -0.2) is 58.0 Å². The Kier molecular flexibility index (Phi) is 4.29. The maximum atomic E-state index is 12.5. The molecule has 0 aliphatic carbocycles. The molecule has 2 fully saturated rings. The first-order valence-corrected chi connectivity index (χ1v) is 8.88. The summed E-state index contributed by atoms with van der Waals surface area (Å²) < 4.78 is 6.22. The average Bonchev–Trinajstić information content (AvgIpc) is 3.36. The Hall–Kier alpha value is -2.57. The zero-order valence-corrected chi connectivity index (χ0v) is 14.4. The van der Waals surface area contributed by atoms with Crippen LogP contribution in [0.3, 0.4) is 0 Å². The van der Waals surface area contributed by atoms with Gasteiger partial charge in [0.15, 0.2) is 11.6 Å². The van der Waals surface area contributed by atoms with Crippen molar-refractivity contribution in [1.82, 2.24) is 19.9 Å². The SMILES string of the molecule is Cc1ncc(C(=O)N2CC[C@@H](Oc3cccnc3N3CCCC3)C2)[nH]1. The molecule has 25 heavy (non-hydrogen) atoms. The monoisotopic (exact) mass is 341 g/mol. The van der Waals surface area contributed by atoms with Gasteiger partial charge in [-0.3, -0.25) is 4.79 Å². The van der Waals surface area contributed by atoms with Gasteiger partial charge in [-0.25, -0.2) is 9.97 Å². The third-order valence-corrected chi connectivity index (χ3v) is 4.82. The van der Waals surface area contributed by atoms with E-state index in [0.29, 0.717) is 18.8 Å². The van der Waals surface area contributed by atoms with Gasteiger partial charge in [-0.1, -0.05) is 0 Å². The Balaban J connectivity index is 1.42. The van der Waals surface area contributed by atoms with Crippen molar-refractivity contribution in [3.05, 3.63) is 36.0 Å². The van der Waals surface area contributed by atoms with E-state index in [-0.39, 0.29) is 12.0 Å². The van der Waals surface area contributed by atoms with Crippen LogP contribution < -0.4 is 9.64 Å². The zero-order chi connectivity index (χ0) is 17.2. The van der Waals surface area contributed by atoms with Gasteiger partial charge in [-0.2, -0.15) is 0 Å². The smallest absolute Gasteiger partial charge is 0.272 e. The van der Waals surface area contributed by atoms with Crippen molar-refractivity contribution in [3.8, 4) is 5.75 Å². The van der Waals surface area contributed by atoms with E-state index < -0.39 is 0 Å². The van der Waals surface area contributed by atoms with Crippen LogP contribution in [0.25, 0.3) is 0 Å². The molecule has 4 heterocycles. The van der Waals surface area contributed by atoms with E-state index >= 15 is 0 Å². The van der Waals surface area contributed by atoms with Gasteiger partial charge in [-0.15, -0.1) is 0 Å². The molecule has 0 saturated carbocycles. The number of carbonyl (C=O) groups is 1. The summed E-state index contributed by atoms with van der Waals surface area (Å²) in [5.41, 5.74) is 0.539. The van der Waals surface area contributed by atoms with Gasteiger partial charge < -0.3 is 19.5 Å². The molecule has 7 nitrogen and oxygen atoms in total. The highest BCUT2D eigenvalue weighted by molar-refractivity contribution is 5.92. The lowest BCUT2D eigenvalue weighted by Gasteiger charge is -2.22. The first-order valence-electron chi connectivity index (χ1n) is 8.88. The molecule has 2 aliphatic heterocycles. The van der Waals surface area contributed by atoms with Crippen LogP contribution in [0, 0.1) is 6.92 Å². The summed E-state index contributed by atoms with van der Waals surface area (Å²) in [7, 11) is 0. The Morgan fingerprint density at radius 1 is 1.28 bits per heavy atom. The Morgan fingerprint density at radius 3 is 2.88 bits per heavy atom. The number of aromatic amines is 1. The van der Waals surface area contributed by atoms with E-state index in [1.165, 1.54) is 12.8 Å². The molecule has 1 amide bonds. The highest BCUT2D eigenvalue weighted by Gasteiger charge is 2.30. The highest BCUT2D eigenvalue weighted by atomic mass is 16.5. The van der Waals surface area contributed by atoms with Gasteiger partial charge in [0.2, 0.25) is 0 Å². The number of pyridine rings is 1. The lowest BCUT2D eigenvalue weighted by molar-refractivity contribution is 0.0767. The number of amides is 1. The fraction of sp³-hybridized carbons (Fsp3) is 0.500. The molecule has 1 atom stereocenters. The van der Waals surface area contributed by atoms with Gasteiger partial charge in [0, 0.05) is 32.3 Å². The molecule has 0 aromatic carbocycles. The Morgan fingerprint density at radius 2 is 2.12 bits per heavy atom. The average molecular weight is 341 g/mol. The minimum atomic E-state index is -0.0161. The lowest BCUT2D eigenvalue weighted by atomic mass is 10.3. The number of imidazole rings is 1. The van der Waals surface area contributed by atoms with Crippen molar-refractivity contribution in [3.63, 3.8) is 0 Å². The molecule has 1 N–H and O–H groups in total. The standard InChI is InChI=1S/C18H23N5O2/c1-13-20-11-15(21-13)18(24)23-10-6-14(12-23)25-16-5-4-7-19-17(16)22-8-2-3-9-22/h4-5,7,11,14H,2-3,6,8-10,12H2,1H3,(H,20,21)/t14-/m1/s1. The third kappa shape index (κ3) is 3.31. The third-order valence-electron chi connectivity index (χ3n) is 4.82. The first kappa shape index (κ1) is 15.9. The van der Waals surface area contributed by atoms with Crippen LogP contribution >= 0.6 is 0 Å². The minimum Gasteiger partial charge on any atom is -0.485 e. The van der Waals surface area contributed by atoms with Crippen LogP contribution in [0.4, 0.5) is 5.82 Å². The van der Waals surface area contributed by atoms with E-state index in [9.17, 15) is 4.79 Å². The molecule has 132 valence electrons. The summed E-state index contributed by atoms with van der Waals surface area (Å²) in [5.74, 6) is 2.48. The molecular formula is C18H23N5O2. The molecule has 7 heteroatoms. The normalized spacial score (nSPS) is 20.3. The number of nitrogens with zero attached hydrogens (tertiary/aromatic N) is 4.